The molecule has 2 aliphatic carbocycles. The molecule has 2 aliphatic heterocycles. The monoisotopic (exact) mass is 546 g/mol. The highest BCUT2D eigenvalue weighted by molar-refractivity contribution is 6.42. The van der Waals surface area contributed by atoms with Gasteiger partial charge in [-0.25, -0.2) is 9.80 Å². The third kappa shape index (κ3) is 3.38. The Morgan fingerprint density at radius 3 is 1.19 bits per heavy atom. The number of carbonyl (C=O) groups is 4. The van der Waals surface area contributed by atoms with Crippen LogP contribution in [-0.4, -0.2) is 23.6 Å². The Morgan fingerprint density at radius 1 is 0.476 bits per heavy atom. The first-order valence-electron chi connectivity index (χ1n) is 13.8. The van der Waals surface area contributed by atoms with Crippen LogP contribution in [0.1, 0.15) is 65.4 Å². The lowest BCUT2D eigenvalue weighted by Gasteiger charge is -2.32. The molecule has 0 spiro atoms. The lowest BCUT2D eigenvalue weighted by molar-refractivity contribution is 0.0873. The van der Waals surface area contributed by atoms with Crippen molar-refractivity contribution in [1.29, 1.82) is 0 Å². The SMILES string of the molecule is O=C1c2ccc3c4c(ccc(c24)C(=O)N1c1cccc(C2=CC=CC2)c1)C(=O)N(c1cccc(C2=CC=CC2)c1)C3=O. The van der Waals surface area contributed by atoms with E-state index in [2.05, 4.69) is 12.2 Å². The van der Waals surface area contributed by atoms with Crippen molar-refractivity contribution < 1.29 is 19.2 Å². The zero-order chi connectivity index (χ0) is 28.5. The largest absolute Gasteiger partial charge is 0.268 e. The Morgan fingerprint density at radius 2 is 0.857 bits per heavy atom. The average molecular weight is 547 g/mol. The molecule has 0 radical (unpaired) electrons. The first kappa shape index (κ1) is 24.2. The summed E-state index contributed by atoms with van der Waals surface area (Å²) in [6.45, 7) is 0. The van der Waals surface area contributed by atoms with Crippen molar-refractivity contribution in [2.75, 3.05) is 9.80 Å². The fourth-order valence-corrected chi connectivity index (χ4v) is 6.36. The van der Waals surface area contributed by atoms with Crippen molar-refractivity contribution in [1.82, 2.24) is 0 Å². The molecule has 0 fully saturated rings. The summed E-state index contributed by atoms with van der Waals surface area (Å²) in [5.41, 5.74) is 6.18. The lowest BCUT2D eigenvalue weighted by Crippen LogP contribution is -2.43. The number of anilines is 2. The maximum Gasteiger partial charge on any atom is 0.265 e. The smallest absolute Gasteiger partial charge is 0.265 e. The molecule has 4 aromatic carbocycles. The van der Waals surface area contributed by atoms with Gasteiger partial charge in [-0.05, 0) is 83.6 Å². The molecule has 0 saturated heterocycles. The highest BCUT2D eigenvalue weighted by Gasteiger charge is 2.40. The number of hydrogen-bond donors (Lipinski definition) is 0. The molecule has 0 atom stereocenters. The maximum atomic E-state index is 13.9. The van der Waals surface area contributed by atoms with Crippen LogP contribution in [0.3, 0.4) is 0 Å². The predicted molar refractivity (Wildman–Crippen MR) is 163 cm³/mol. The number of amides is 4. The standard InChI is InChI=1S/C36H22N2O4/c39-33-27-15-17-29-32-30(36(42)38(35(29)41)26-14-6-12-24(20-26)22-9-3-4-10-22)18-16-28(31(27)32)34(40)37(33)25-13-5-11-23(19-25)21-7-1-2-8-21/h1-7,9,11-20H,8,10H2. The summed E-state index contributed by atoms with van der Waals surface area (Å²) in [7, 11) is 0. The van der Waals surface area contributed by atoms with Crippen LogP contribution >= 0.6 is 0 Å². The Balaban J connectivity index is 1.22. The van der Waals surface area contributed by atoms with E-state index in [1.165, 1.54) is 9.80 Å². The second-order valence-corrected chi connectivity index (χ2v) is 10.7. The van der Waals surface area contributed by atoms with Gasteiger partial charge in [0.25, 0.3) is 23.6 Å². The molecular weight excluding hydrogens is 524 g/mol. The Kier molecular flexibility index (Phi) is 5.15. The number of imide groups is 2. The molecule has 0 N–H and O–H groups in total. The minimum Gasteiger partial charge on any atom is -0.268 e. The number of allylic oxidation sites excluding steroid dienone is 8. The fourth-order valence-electron chi connectivity index (χ4n) is 6.36. The van der Waals surface area contributed by atoms with Crippen molar-refractivity contribution in [3.8, 4) is 0 Å². The molecule has 2 heterocycles. The van der Waals surface area contributed by atoms with Gasteiger partial charge in [0.1, 0.15) is 0 Å². The molecule has 6 heteroatoms. The van der Waals surface area contributed by atoms with Gasteiger partial charge in [-0.1, -0.05) is 60.7 Å². The van der Waals surface area contributed by atoms with E-state index in [1.807, 2.05) is 60.7 Å². The van der Waals surface area contributed by atoms with Gasteiger partial charge in [0.05, 0.1) is 11.4 Å². The van der Waals surface area contributed by atoms with E-state index in [0.29, 0.717) is 22.1 Å². The number of benzene rings is 4. The minimum absolute atomic E-state index is 0.286. The molecule has 0 saturated carbocycles. The predicted octanol–water partition coefficient (Wildman–Crippen LogP) is 7.13. The molecule has 6 nitrogen and oxygen atoms in total. The van der Waals surface area contributed by atoms with Crippen LogP contribution in [0.25, 0.3) is 21.9 Å². The van der Waals surface area contributed by atoms with E-state index >= 15 is 0 Å². The van der Waals surface area contributed by atoms with Gasteiger partial charge in [-0.2, -0.15) is 0 Å². The van der Waals surface area contributed by atoms with E-state index in [-0.39, 0.29) is 22.3 Å². The van der Waals surface area contributed by atoms with Crippen LogP contribution in [0.4, 0.5) is 11.4 Å². The summed E-state index contributed by atoms with van der Waals surface area (Å²) in [6, 6.07) is 21.1. The topological polar surface area (TPSA) is 74.8 Å². The molecule has 42 heavy (non-hydrogen) atoms. The van der Waals surface area contributed by atoms with Gasteiger partial charge in [0, 0.05) is 33.0 Å². The number of hydrogen-bond acceptors (Lipinski definition) is 4. The van der Waals surface area contributed by atoms with E-state index in [0.717, 1.165) is 35.1 Å². The van der Waals surface area contributed by atoms with E-state index in [1.54, 1.807) is 36.4 Å². The third-order valence-corrected chi connectivity index (χ3v) is 8.39. The summed E-state index contributed by atoms with van der Waals surface area (Å²) >= 11 is 0. The Bertz CT molecular complexity index is 1860. The van der Waals surface area contributed by atoms with Crippen LogP contribution in [0.5, 0.6) is 0 Å². The highest BCUT2D eigenvalue weighted by Crippen LogP contribution is 2.41. The van der Waals surface area contributed by atoms with Crippen molar-refractivity contribution in [2.24, 2.45) is 0 Å². The Labute approximate surface area is 241 Å². The minimum atomic E-state index is -0.486. The van der Waals surface area contributed by atoms with Gasteiger partial charge in [0.2, 0.25) is 0 Å². The molecule has 4 amide bonds. The molecule has 200 valence electrons. The average Bonchev–Trinajstić information content (AvgIpc) is 3.75. The van der Waals surface area contributed by atoms with Crippen LogP contribution in [0.2, 0.25) is 0 Å². The number of carbonyl (C=O) groups excluding carboxylic acids is 4. The van der Waals surface area contributed by atoms with Crippen LogP contribution in [0, 0.1) is 0 Å². The molecular formula is C36H22N2O4. The molecule has 8 rings (SSSR count). The van der Waals surface area contributed by atoms with Gasteiger partial charge in [-0.15, -0.1) is 0 Å². The molecule has 4 aromatic rings. The van der Waals surface area contributed by atoms with Crippen LogP contribution in [0.15, 0.2) is 109 Å². The summed E-state index contributed by atoms with van der Waals surface area (Å²) < 4.78 is 0. The normalized spacial score (nSPS) is 17.0. The molecule has 0 unspecified atom stereocenters. The van der Waals surface area contributed by atoms with Crippen molar-refractivity contribution in [3.05, 3.63) is 143 Å². The first-order chi connectivity index (χ1) is 20.5. The second kappa shape index (κ2) is 8.94. The van der Waals surface area contributed by atoms with Gasteiger partial charge >= 0.3 is 0 Å². The first-order valence-corrected chi connectivity index (χ1v) is 13.8. The second-order valence-electron chi connectivity index (χ2n) is 10.7. The Hall–Kier alpha value is -5.62. The van der Waals surface area contributed by atoms with Crippen molar-refractivity contribution in [2.45, 2.75) is 12.8 Å². The van der Waals surface area contributed by atoms with Crippen LogP contribution in [-0.2, 0) is 0 Å². The molecule has 0 aromatic heterocycles. The third-order valence-electron chi connectivity index (χ3n) is 8.39. The van der Waals surface area contributed by atoms with Gasteiger partial charge in [-0.3, -0.25) is 19.2 Å². The van der Waals surface area contributed by atoms with E-state index in [4.69, 9.17) is 0 Å². The van der Waals surface area contributed by atoms with Gasteiger partial charge in [0.15, 0.2) is 0 Å². The summed E-state index contributed by atoms with van der Waals surface area (Å²) in [5.74, 6) is -1.94. The van der Waals surface area contributed by atoms with Crippen molar-refractivity contribution >= 4 is 56.9 Å². The molecule has 4 aliphatic rings. The lowest BCUT2D eigenvalue weighted by atomic mass is 9.85. The quantitative estimate of drug-likeness (QED) is 0.255. The fraction of sp³-hybridized carbons (Fsp3) is 0.0556. The van der Waals surface area contributed by atoms with Crippen molar-refractivity contribution in [3.63, 3.8) is 0 Å². The maximum absolute atomic E-state index is 13.9. The van der Waals surface area contributed by atoms with Crippen LogP contribution < -0.4 is 9.80 Å². The van der Waals surface area contributed by atoms with E-state index in [9.17, 15) is 19.2 Å². The zero-order valence-corrected chi connectivity index (χ0v) is 22.3. The molecule has 0 bridgehead atoms. The zero-order valence-electron chi connectivity index (χ0n) is 22.3. The number of nitrogens with zero attached hydrogens (tertiary/aromatic N) is 2. The highest BCUT2D eigenvalue weighted by atomic mass is 16.2. The number of rotatable bonds is 4. The van der Waals surface area contributed by atoms with E-state index < -0.39 is 23.6 Å². The summed E-state index contributed by atoms with van der Waals surface area (Å²) in [4.78, 5) is 57.9. The summed E-state index contributed by atoms with van der Waals surface area (Å²) in [5, 5.41) is 0.708. The summed E-state index contributed by atoms with van der Waals surface area (Å²) in [6.07, 6.45) is 13.7. The van der Waals surface area contributed by atoms with Gasteiger partial charge < -0.3 is 0 Å².